The van der Waals surface area contributed by atoms with Crippen LogP contribution >= 0.6 is 0 Å². The summed E-state index contributed by atoms with van der Waals surface area (Å²) in [6, 6.07) is -1.02. The summed E-state index contributed by atoms with van der Waals surface area (Å²) in [5.74, 6) is -1.99. The average molecular weight is 319 g/mol. The van der Waals surface area contributed by atoms with E-state index in [-0.39, 0.29) is 12.3 Å². The zero-order valence-electron chi connectivity index (χ0n) is 12.1. The molecule has 1 heterocycles. The lowest BCUT2D eigenvalue weighted by Gasteiger charge is -2.41. The number of ether oxygens (including phenoxy) is 1. The molecule has 1 aliphatic carbocycles. The highest BCUT2D eigenvalue weighted by molar-refractivity contribution is 7.89. The van der Waals surface area contributed by atoms with Crippen LogP contribution in [0.5, 0.6) is 0 Å². The Labute approximate surface area is 124 Å². The third-order valence-corrected chi connectivity index (χ3v) is 6.55. The molecule has 0 aromatic heterocycles. The third kappa shape index (κ3) is 3.06. The van der Waals surface area contributed by atoms with Gasteiger partial charge in [0.1, 0.15) is 6.04 Å². The average Bonchev–Trinajstić information content (AvgIpc) is 2.42. The Balaban J connectivity index is 2.20. The van der Waals surface area contributed by atoms with E-state index in [1.165, 1.54) is 7.11 Å². The number of carboxylic acid groups (broad SMARTS) is 1. The van der Waals surface area contributed by atoms with Gasteiger partial charge in [-0.25, -0.2) is 8.42 Å². The number of esters is 1. The number of rotatable bonds is 5. The molecule has 0 amide bonds. The maximum atomic E-state index is 12.6. The summed E-state index contributed by atoms with van der Waals surface area (Å²) in [6.07, 6.45) is 3.40. The van der Waals surface area contributed by atoms with Crippen molar-refractivity contribution in [1.82, 2.24) is 4.31 Å². The predicted molar refractivity (Wildman–Crippen MR) is 74.1 cm³/mol. The summed E-state index contributed by atoms with van der Waals surface area (Å²) in [4.78, 5) is 23.1. The van der Waals surface area contributed by atoms with E-state index in [0.29, 0.717) is 32.1 Å². The van der Waals surface area contributed by atoms with Crippen molar-refractivity contribution >= 4 is 22.0 Å². The molecule has 1 saturated carbocycles. The molecule has 1 saturated heterocycles. The van der Waals surface area contributed by atoms with Crippen LogP contribution in [0, 0.1) is 5.41 Å². The summed E-state index contributed by atoms with van der Waals surface area (Å²) in [6.45, 7) is 0.205. The number of methoxy groups -OCH3 is 1. The highest BCUT2D eigenvalue weighted by Gasteiger charge is 2.51. The standard InChI is InChI=1S/C13H21NO6S/c1-20-12(17)13(6-4-7-13)9-21(18,19)14-8-3-2-5-10(14)11(15)16/h10H,2-9H2,1H3,(H,15,16). The van der Waals surface area contributed by atoms with Crippen LogP contribution in [-0.2, 0) is 24.3 Å². The number of hydrogen-bond donors (Lipinski definition) is 1. The molecule has 1 aliphatic heterocycles. The lowest BCUT2D eigenvalue weighted by molar-refractivity contribution is -0.156. The number of hydrogen-bond acceptors (Lipinski definition) is 5. The predicted octanol–water partition coefficient (Wildman–Crippen LogP) is 0.599. The monoisotopic (exact) mass is 319 g/mol. The summed E-state index contributed by atoms with van der Waals surface area (Å²) in [5, 5.41) is 9.20. The number of nitrogens with zero attached hydrogens (tertiary/aromatic N) is 1. The highest BCUT2D eigenvalue weighted by atomic mass is 32.2. The van der Waals surface area contributed by atoms with Gasteiger partial charge in [0.2, 0.25) is 10.0 Å². The lowest BCUT2D eigenvalue weighted by atomic mass is 9.70. The molecule has 0 aromatic rings. The molecule has 0 bridgehead atoms. The Kier molecular flexibility index (Phi) is 4.57. The van der Waals surface area contributed by atoms with Gasteiger partial charge in [0, 0.05) is 6.54 Å². The molecule has 21 heavy (non-hydrogen) atoms. The van der Waals surface area contributed by atoms with Crippen LogP contribution in [0.3, 0.4) is 0 Å². The number of carbonyl (C=O) groups is 2. The molecule has 0 radical (unpaired) electrons. The lowest BCUT2D eigenvalue weighted by Crippen LogP contribution is -2.53. The molecule has 120 valence electrons. The molecule has 0 aromatic carbocycles. The van der Waals surface area contributed by atoms with E-state index in [0.717, 1.165) is 10.7 Å². The van der Waals surface area contributed by atoms with Gasteiger partial charge < -0.3 is 9.84 Å². The van der Waals surface area contributed by atoms with Crippen LogP contribution in [0.1, 0.15) is 38.5 Å². The van der Waals surface area contributed by atoms with Crippen LogP contribution in [-0.4, -0.2) is 55.2 Å². The van der Waals surface area contributed by atoms with E-state index in [1.54, 1.807) is 0 Å². The maximum Gasteiger partial charge on any atom is 0.322 e. The van der Waals surface area contributed by atoms with Crippen LogP contribution in [0.4, 0.5) is 0 Å². The molecule has 1 atom stereocenters. The molecule has 2 rings (SSSR count). The van der Waals surface area contributed by atoms with Crippen LogP contribution in [0.25, 0.3) is 0 Å². The Morgan fingerprint density at radius 2 is 1.95 bits per heavy atom. The first-order valence-electron chi connectivity index (χ1n) is 7.13. The Hall–Kier alpha value is -1.15. The zero-order valence-corrected chi connectivity index (χ0v) is 12.9. The zero-order chi connectivity index (χ0) is 15.7. The summed E-state index contributed by atoms with van der Waals surface area (Å²) in [5.41, 5.74) is -0.992. The molecular weight excluding hydrogens is 298 g/mol. The van der Waals surface area contributed by atoms with Crippen LogP contribution in [0.15, 0.2) is 0 Å². The summed E-state index contributed by atoms with van der Waals surface area (Å²) >= 11 is 0. The first-order chi connectivity index (χ1) is 9.82. The molecule has 0 spiro atoms. The molecular formula is C13H21NO6S. The van der Waals surface area contributed by atoms with E-state index in [9.17, 15) is 23.1 Å². The first-order valence-corrected chi connectivity index (χ1v) is 8.74. The van der Waals surface area contributed by atoms with Gasteiger partial charge in [-0.1, -0.05) is 6.42 Å². The Morgan fingerprint density at radius 3 is 2.43 bits per heavy atom. The maximum absolute atomic E-state index is 12.6. The van der Waals surface area contributed by atoms with Gasteiger partial charge in [0.15, 0.2) is 0 Å². The van der Waals surface area contributed by atoms with Gasteiger partial charge >= 0.3 is 11.9 Å². The van der Waals surface area contributed by atoms with Crippen molar-refractivity contribution in [3.63, 3.8) is 0 Å². The second-order valence-corrected chi connectivity index (χ2v) is 7.76. The van der Waals surface area contributed by atoms with Crippen LogP contribution < -0.4 is 0 Å². The van der Waals surface area contributed by atoms with Crippen molar-refractivity contribution in [2.24, 2.45) is 5.41 Å². The van der Waals surface area contributed by atoms with Crippen molar-refractivity contribution < 1.29 is 27.9 Å². The van der Waals surface area contributed by atoms with Crippen molar-refractivity contribution in [2.75, 3.05) is 19.4 Å². The van der Waals surface area contributed by atoms with Gasteiger partial charge in [-0.2, -0.15) is 4.31 Å². The smallest absolute Gasteiger partial charge is 0.322 e. The third-order valence-electron chi connectivity index (χ3n) is 4.48. The molecule has 8 heteroatoms. The van der Waals surface area contributed by atoms with Gasteiger partial charge in [0.25, 0.3) is 0 Å². The Bertz CT molecular complexity index is 525. The normalized spacial score (nSPS) is 25.9. The van der Waals surface area contributed by atoms with Gasteiger partial charge in [-0.15, -0.1) is 0 Å². The molecule has 1 N–H and O–H groups in total. The van der Waals surface area contributed by atoms with E-state index >= 15 is 0 Å². The number of sulfonamides is 1. The van der Waals surface area contributed by atoms with Crippen molar-refractivity contribution in [2.45, 2.75) is 44.6 Å². The van der Waals surface area contributed by atoms with Gasteiger partial charge in [0.05, 0.1) is 18.3 Å². The minimum absolute atomic E-state index is 0.205. The molecule has 1 unspecified atom stereocenters. The SMILES string of the molecule is COC(=O)C1(CS(=O)(=O)N2CCCCC2C(=O)O)CCC1. The second-order valence-electron chi connectivity index (χ2n) is 5.84. The van der Waals surface area contributed by atoms with Crippen molar-refractivity contribution in [3.8, 4) is 0 Å². The topological polar surface area (TPSA) is 101 Å². The van der Waals surface area contributed by atoms with Crippen LogP contribution in [0.2, 0.25) is 0 Å². The highest BCUT2D eigenvalue weighted by Crippen LogP contribution is 2.44. The fourth-order valence-corrected chi connectivity index (χ4v) is 5.41. The molecule has 2 fully saturated rings. The number of aliphatic carboxylic acids is 1. The van der Waals surface area contributed by atoms with E-state index in [2.05, 4.69) is 0 Å². The Morgan fingerprint density at radius 1 is 1.29 bits per heavy atom. The fourth-order valence-electron chi connectivity index (χ4n) is 3.14. The minimum Gasteiger partial charge on any atom is -0.480 e. The van der Waals surface area contributed by atoms with E-state index in [1.807, 2.05) is 0 Å². The largest absolute Gasteiger partial charge is 0.480 e. The first kappa shape index (κ1) is 16.2. The number of carbonyl (C=O) groups excluding carboxylic acids is 1. The van der Waals surface area contributed by atoms with Gasteiger partial charge in [-0.05, 0) is 32.1 Å². The minimum atomic E-state index is -3.80. The summed E-state index contributed by atoms with van der Waals surface area (Å²) < 4.78 is 31.0. The van der Waals surface area contributed by atoms with Crippen molar-refractivity contribution in [1.29, 1.82) is 0 Å². The van der Waals surface area contributed by atoms with E-state index < -0.39 is 33.4 Å². The molecule has 7 nitrogen and oxygen atoms in total. The van der Waals surface area contributed by atoms with Crippen molar-refractivity contribution in [3.05, 3.63) is 0 Å². The number of carboxylic acids is 1. The van der Waals surface area contributed by atoms with Gasteiger partial charge in [-0.3, -0.25) is 9.59 Å². The fraction of sp³-hybridized carbons (Fsp3) is 0.846. The summed E-state index contributed by atoms with van der Waals surface area (Å²) in [7, 11) is -2.55. The molecule has 2 aliphatic rings. The van der Waals surface area contributed by atoms with E-state index in [4.69, 9.17) is 4.74 Å². The quantitative estimate of drug-likeness (QED) is 0.745. The second kappa shape index (κ2) is 5.92. The number of piperidine rings is 1.